The number of alkyl halides is 2. The summed E-state index contributed by atoms with van der Waals surface area (Å²) >= 11 is 0. The van der Waals surface area contributed by atoms with Crippen LogP contribution < -0.4 is 5.73 Å². The number of halogens is 2. The van der Waals surface area contributed by atoms with Gasteiger partial charge in [0, 0.05) is 5.41 Å². The average Bonchev–Trinajstić information content (AvgIpc) is 1.79. The molecule has 0 aliphatic heterocycles. The maximum atomic E-state index is 12.3. The lowest BCUT2D eigenvalue weighted by molar-refractivity contribution is -0.274. The van der Waals surface area contributed by atoms with Gasteiger partial charge in [-0.1, -0.05) is 0 Å². The Hall–Kier alpha value is -0.710. The normalized spacial score (nSPS) is 43.7. The number of aliphatic carboxylic acids is 1. The molecule has 0 saturated heterocycles. The lowest BCUT2D eigenvalue weighted by Crippen LogP contribution is -2.72. The molecule has 0 radical (unpaired) electrons. The van der Waals surface area contributed by atoms with Crippen molar-refractivity contribution in [1.82, 2.24) is 0 Å². The van der Waals surface area contributed by atoms with Crippen LogP contribution in [0.1, 0.15) is 19.3 Å². The van der Waals surface area contributed by atoms with Crippen molar-refractivity contribution < 1.29 is 18.7 Å². The van der Waals surface area contributed by atoms with E-state index in [4.69, 9.17) is 10.8 Å². The number of hydrogen-bond acceptors (Lipinski definition) is 2. The molecule has 0 aromatic heterocycles. The van der Waals surface area contributed by atoms with Gasteiger partial charge < -0.3 is 10.8 Å². The molecule has 3 fully saturated rings. The first-order chi connectivity index (χ1) is 5.92. The Morgan fingerprint density at radius 2 is 1.77 bits per heavy atom. The highest BCUT2D eigenvalue weighted by atomic mass is 19.3. The quantitative estimate of drug-likeness (QED) is 0.694. The molecule has 0 spiro atoms. The molecule has 3 aliphatic rings. The van der Waals surface area contributed by atoms with Gasteiger partial charge in [-0.25, -0.2) is 8.78 Å². The molecule has 0 aromatic carbocycles. The van der Waals surface area contributed by atoms with E-state index >= 15 is 0 Å². The third-order valence-corrected chi connectivity index (χ3v) is 3.50. The first-order valence-electron chi connectivity index (χ1n) is 4.18. The minimum atomic E-state index is -2.32. The molecule has 74 valence electrons. The number of rotatable bonds is 3. The van der Waals surface area contributed by atoms with Crippen LogP contribution in [-0.4, -0.2) is 23.5 Å². The Kier molecular flexibility index (Phi) is 1.50. The Balaban J connectivity index is 2.00. The van der Waals surface area contributed by atoms with Crippen molar-refractivity contribution in [3.05, 3.63) is 0 Å². The molecule has 1 unspecified atom stereocenters. The zero-order valence-corrected chi connectivity index (χ0v) is 6.96. The average molecular weight is 191 g/mol. The van der Waals surface area contributed by atoms with Gasteiger partial charge in [0.1, 0.15) is 6.04 Å². The number of carboxylic acids is 1. The third kappa shape index (κ3) is 0.879. The number of nitrogens with two attached hydrogens (primary N) is 1. The lowest BCUT2D eigenvalue weighted by atomic mass is 9.33. The van der Waals surface area contributed by atoms with Crippen LogP contribution >= 0.6 is 0 Å². The van der Waals surface area contributed by atoms with Crippen LogP contribution in [0.25, 0.3) is 0 Å². The standard InChI is InChI=1S/C8H11F2NO2/c9-6(10)8-1-7(2-8,3-8)4(11)5(12)13/h4,6H,1-3,11H2,(H,12,13). The molecule has 3 rings (SSSR count). The Labute approximate surface area is 73.9 Å². The first kappa shape index (κ1) is 8.87. The molecule has 0 aromatic rings. The molecule has 3 aliphatic carbocycles. The fourth-order valence-corrected chi connectivity index (χ4v) is 2.77. The molecule has 0 heterocycles. The maximum absolute atomic E-state index is 12.3. The van der Waals surface area contributed by atoms with Gasteiger partial charge in [0.15, 0.2) is 0 Å². The molecule has 1 atom stereocenters. The minimum absolute atomic E-state index is 0.283. The highest BCUT2D eigenvalue weighted by molar-refractivity contribution is 5.75. The summed E-state index contributed by atoms with van der Waals surface area (Å²) in [6.07, 6.45) is -1.48. The largest absolute Gasteiger partial charge is 0.480 e. The summed E-state index contributed by atoms with van der Waals surface area (Å²) < 4.78 is 24.7. The van der Waals surface area contributed by atoms with E-state index in [-0.39, 0.29) is 19.3 Å². The molecule has 13 heavy (non-hydrogen) atoms. The van der Waals surface area contributed by atoms with Gasteiger partial charge in [-0.3, -0.25) is 4.79 Å². The van der Waals surface area contributed by atoms with E-state index in [0.29, 0.717) is 0 Å². The van der Waals surface area contributed by atoms with E-state index in [1.54, 1.807) is 0 Å². The summed E-state index contributed by atoms with van der Waals surface area (Å²) in [5.74, 6) is -1.08. The van der Waals surface area contributed by atoms with Crippen molar-refractivity contribution in [1.29, 1.82) is 0 Å². The van der Waals surface area contributed by atoms with Crippen LogP contribution in [0.15, 0.2) is 0 Å². The summed E-state index contributed by atoms with van der Waals surface area (Å²) in [7, 11) is 0. The zero-order chi connectivity index (χ0) is 9.85. The van der Waals surface area contributed by atoms with E-state index in [0.717, 1.165) is 0 Å². The summed E-state index contributed by atoms with van der Waals surface area (Å²) in [6.45, 7) is 0. The van der Waals surface area contributed by atoms with Crippen LogP contribution in [-0.2, 0) is 4.79 Å². The maximum Gasteiger partial charge on any atom is 0.321 e. The zero-order valence-electron chi connectivity index (χ0n) is 6.96. The smallest absolute Gasteiger partial charge is 0.321 e. The SMILES string of the molecule is NC(C(=O)O)C12CC(C(F)F)(C1)C2. The number of hydrogen-bond donors (Lipinski definition) is 2. The number of carboxylic acid groups (broad SMARTS) is 1. The fourth-order valence-electron chi connectivity index (χ4n) is 2.77. The van der Waals surface area contributed by atoms with E-state index in [1.807, 2.05) is 0 Å². The van der Waals surface area contributed by atoms with Gasteiger partial charge in [0.2, 0.25) is 6.43 Å². The summed E-state index contributed by atoms with van der Waals surface area (Å²) in [5.41, 5.74) is 4.02. The van der Waals surface area contributed by atoms with E-state index < -0.39 is 29.3 Å². The topological polar surface area (TPSA) is 63.3 Å². The second kappa shape index (κ2) is 2.20. The van der Waals surface area contributed by atoms with Crippen LogP contribution in [0.5, 0.6) is 0 Å². The highest BCUT2D eigenvalue weighted by Gasteiger charge is 2.74. The van der Waals surface area contributed by atoms with Crippen molar-refractivity contribution in [2.75, 3.05) is 0 Å². The Morgan fingerprint density at radius 3 is 2.08 bits per heavy atom. The van der Waals surface area contributed by atoms with E-state index in [9.17, 15) is 13.6 Å². The molecular weight excluding hydrogens is 180 g/mol. The van der Waals surface area contributed by atoms with E-state index in [2.05, 4.69) is 0 Å². The van der Waals surface area contributed by atoms with Gasteiger partial charge in [-0.05, 0) is 24.7 Å². The monoisotopic (exact) mass is 191 g/mol. The van der Waals surface area contributed by atoms with Gasteiger partial charge in [0.05, 0.1) is 0 Å². The molecule has 3 saturated carbocycles. The second-order valence-corrected chi connectivity index (χ2v) is 4.37. The lowest BCUT2D eigenvalue weighted by Gasteiger charge is -2.71. The van der Waals surface area contributed by atoms with Crippen LogP contribution in [0, 0.1) is 10.8 Å². The molecule has 0 amide bonds. The Bertz CT molecular complexity index is 247. The van der Waals surface area contributed by atoms with Crippen molar-refractivity contribution in [3.8, 4) is 0 Å². The van der Waals surface area contributed by atoms with Gasteiger partial charge in [-0.2, -0.15) is 0 Å². The van der Waals surface area contributed by atoms with Gasteiger partial charge >= 0.3 is 5.97 Å². The van der Waals surface area contributed by atoms with Crippen molar-refractivity contribution in [2.45, 2.75) is 31.7 Å². The van der Waals surface area contributed by atoms with Crippen molar-refractivity contribution >= 4 is 5.97 Å². The summed E-state index contributed by atoms with van der Waals surface area (Å²) in [5, 5.41) is 8.62. The molecule has 3 N–H and O–H groups in total. The predicted molar refractivity (Wildman–Crippen MR) is 40.3 cm³/mol. The minimum Gasteiger partial charge on any atom is -0.480 e. The van der Waals surface area contributed by atoms with Crippen LogP contribution in [0.4, 0.5) is 8.78 Å². The molecular formula is C8H11F2NO2. The Morgan fingerprint density at radius 1 is 1.31 bits per heavy atom. The molecule has 2 bridgehead atoms. The van der Waals surface area contributed by atoms with Crippen molar-refractivity contribution in [2.24, 2.45) is 16.6 Å². The van der Waals surface area contributed by atoms with Gasteiger partial charge in [-0.15, -0.1) is 0 Å². The van der Waals surface area contributed by atoms with E-state index in [1.165, 1.54) is 0 Å². The molecule has 3 nitrogen and oxygen atoms in total. The summed E-state index contributed by atoms with van der Waals surface area (Å²) in [6, 6.07) is -0.965. The van der Waals surface area contributed by atoms with Crippen LogP contribution in [0.3, 0.4) is 0 Å². The van der Waals surface area contributed by atoms with Crippen molar-refractivity contribution in [3.63, 3.8) is 0 Å². The second-order valence-electron chi connectivity index (χ2n) is 4.37. The third-order valence-electron chi connectivity index (χ3n) is 3.50. The predicted octanol–water partition coefficient (Wildman–Crippen LogP) is 0.834. The number of carbonyl (C=O) groups is 1. The highest BCUT2D eigenvalue weighted by Crippen LogP contribution is 2.76. The molecule has 5 heteroatoms. The van der Waals surface area contributed by atoms with Gasteiger partial charge in [0.25, 0.3) is 0 Å². The first-order valence-corrected chi connectivity index (χ1v) is 4.18. The van der Waals surface area contributed by atoms with Crippen LogP contribution in [0.2, 0.25) is 0 Å². The summed E-state index contributed by atoms with van der Waals surface area (Å²) in [4.78, 5) is 10.5. The fraction of sp³-hybridized carbons (Fsp3) is 0.875.